The number of nitrogens with one attached hydrogen (secondary N) is 1. The average Bonchev–Trinajstić information content (AvgIpc) is 2.01. The number of carboxylic acid groups (broad SMARTS) is 1. The molecule has 0 bridgehead atoms. The van der Waals surface area contributed by atoms with Crippen LogP contribution in [0.15, 0.2) is 0 Å². The van der Waals surface area contributed by atoms with Crippen LogP contribution in [0.25, 0.3) is 0 Å². The van der Waals surface area contributed by atoms with E-state index in [1.807, 2.05) is 0 Å². The fraction of sp³-hybridized carbons (Fsp3) is 0.857. The number of unbranched alkanes of at least 4 members (excludes halogenated alkanes) is 1. The number of likely N-dealkylation sites (N-methyl/N-ethyl adjacent to an activating group) is 1. The van der Waals surface area contributed by atoms with Crippen molar-refractivity contribution in [2.24, 2.45) is 0 Å². The smallest absolute Gasteiger partial charge is 0.325 e. The highest BCUT2D eigenvalue weighted by Gasteiger charge is 2.16. The first-order valence-electron chi connectivity index (χ1n) is 4.31. The minimum Gasteiger partial charge on any atom is -0.480 e. The van der Waals surface area contributed by atoms with Gasteiger partial charge in [0.1, 0.15) is 6.04 Å². The maximum Gasteiger partial charge on any atom is 0.325 e. The molecule has 1 atom stereocenters. The number of rotatable bonds is 7. The zero-order chi connectivity index (χ0) is 11.2. The molecule has 1 unspecified atom stereocenters. The number of carbonyl (C=O) groups is 1. The maximum atomic E-state index is 10.5. The lowest BCUT2D eigenvalue weighted by atomic mass is 10.1. The SMILES string of the molecule is CNC(CCCCP(=O)(O)O)C(=O)O. The van der Waals surface area contributed by atoms with Crippen LogP contribution in [-0.4, -0.2) is 40.1 Å². The van der Waals surface area contributed by atoms with Crippen LogP contribution in [0.3, 0.4) is 0 Å². The second-order valence-corrected chi connectivity index (χ2v) is 4.84. The van der Waals surface area contributed by atoms with Gasteiger partial charge in [0.15, 0.2) is 0 Å². The van der Waals surface area contributed by atoms with Crippen LogP contribution in [0.2, 0.25) is 0 Å². The van der Waals surface area contributed by atoms with Gasteiger partial charge in [-0.3, -0.25) is 9.36 Å². The van der Waals surface area contributed by atoms with Crippen LogP contribution in [0, 0.1) is 0 Å². The highest BCUT2D eigenvalue weighted by Crippen LogP contribution is 2.35. The van der Waals surface area contributed by atoms with Crippen LogP contribution >= 0.6 is 7.60 Å². The molecule has 0 aliphatic rings. The van der Waals surface area contributed by atoms with E-state index in [4.69, 9.17) is 14.9 Å². The Morgan fingerprint density at radius 1 is 1.43 bits per heavy atom. The number of aliphatic carboxylic acids is 1. The van der Waals surface area contributed by atoms with Crippen molar-refractivity contribution in [3.63, 3.8) is 0 Å². The fourth-order valence-electron chi connectivity index (χ4n) is 1.06. The third kappa shape index (κ3) is 7.03. The summed E-state index contributed by atoms with van der Waals surface area (Å²) in [6.07, 6.45) is 1.04. The van der Waals surface area contributed by atoms with Gasteiger partial charge in [-0.05, 0) is 19.9 Å². The Morgan fingerprint density at radius 2 is 2.00 bits per heavy atom. The molecule has 0 radical (unpaired) electrons. The Kier molecular flexibility index (Phi) is 5.95. The van der Waals surface area contributed by atoms with Gasteiger partial charge in [-0.2, -0.15) is 0 Å². The van der Waals surface area contributed by atoms with E-state index in [1.165, 1.54) is 0 Å². The van der Waals surface area contributed by atoms with Gasteiger partial charge >= 0.3 is 13.6 Å². The topological polar surface area (TPSA) is 107 Å². The Balaban J connectivity index is 3.63. The lowest BCUT2D eigenvalue weighted by molar-refractivity contribution is -0.139. The molecule has 0 aromatic heterocycles. The zero-order valence-corrected chi connectivity index (χ0v) is 8.91. The predicted octanol–water partition coefficient (Wildman–Crippen LogP) is 0.00700. The second kappa shape index (κ2) is 6.14. The minimum absolute atomic E-state index is 0.178. The van der Waals surface area contributed by atoms with E-state index < -0.39 is 19.6 Å². The molecule has 4 N–H and O–H groups in total. The van der Waals surface area contributed by atoms with Crippen molar-refractivity contribution in [1.82, 2.24) is 5.32 Å². The van der Waals surface area contributed by atoms with E-state index in [-0.39, 0.29) is 6.16 Å². The van der Waals surface area contributed by atoms with Crippen molar-refractivity contribution in [3.05, 3.63) is 0 Å². The molecule has 7 heteroatoms. The maximum absolute atomic E-state index is 10.5. The average molecular weight is 225 g/mol. The lowest BCUT2D eigenvalue weighted by Crippen LogP contribution is -2.33. The van der Waals surface area contributed by atoms with E-state index in [1.54, 1.807) is 7.05 Å². The van der Waals surface area contributed by atoms with Crippen LogP contribution in [0.1, 0.15) is 19.3 Å². The van der Waals surface area contributed by atoms with Gasteiger partial charge in [-0.15, -0.1) is 0 Å². The van der Waals surface area contributed by atoms with Crippen molar-refractivity contribution in [2.75, 3.05) is 13.2 Å². The van der Waals surface area contributed by atoms with Gasteiger partial charge in [-0.25, -0.2) is 0 Å². The predicted molar refractivity (Wildman–Crippen MR) is 51.2 cm³/mol. The molecule has 0 aromatic rings. The summed E-state index contributed by atoms with van der Waals surface area (Å²) in [5, 5.41) is 11.2. The molecule has 0 aliphatic carbocycles. The molecule has 0 saturated heterocycles. The van der Waals surface area contributed by atoms with E-state index in [9.17, 15) is 9.36 Å². The first kappa shape index (κ1) is 13.6. The number of hydrogen-bond acceptors (Lipinski definition) is 3. The molecule has 6 nitrogen and oxygen atoms in total. The minimum atomic E-state index is -3.93. The Morgan fingerprint density at radius 3 is 2.36 bits per heavy atom. The summed E-state index contributed by atoms with van der Waals surface area (Å²) in [6, 6.07) is -0.633. The molecule has 0 fully saturated rings. The quantitative estimate of drug-likeness (QED) is 0.359. The Bertz CT molecular complexity index is 226. The fourth-order valence-corrected chi connectivity index (χ4v) is 1.69. The third-order valence-electron chi connectivity index (χ3n) is 1.84. The van der Waals surface area contributed by atoms with Crippen molar-refractivity contribution >= 4 is 13.6 Å². The van der Waals surface area contributed by atoms with Crippen LogP contribution in [0.4, 0.5) is 0 Å². The molecule has 0 saturated carbocycles. The molecule has 0 aromatic carbocycles. The summed E-state index contributed by atoms with van der Waals surface area (Å²) >= 11 is 0. The van der Waals surface area contributed by atoms with Gasteiger partial charge in [0.2, 0.25) is 0 Å². The largest absolute Gasteiger partial charge is 0.480 e. The van der Waals surface area contributed by atoms with Gasteiger partial charge in [0, 0.05) is 6.16 Å². The standard InChI is InChI=1S/C7H16NO5P/c1-8-6(7(9)10)4-2-3-5-14(11,12)13/h6,8H,2-5H2,1H3,(H,9,10)(H2,11,12,13). The summed E-state index contributed by atoms with van der Waals surface area (Å²) in [5.74, 6) is -0.941. The third-order valence-corrected chi connectivity index (χ3v) is 2.74. The molecule has 84 valence electrons. The lowest BCUT2D eigenvalue weighted by Gasteiger charge is -2.10. The molecule has 0 amide bonds. The highest BCUT2D eigenvalue weighted by atomic mass is 31.2. The van der Waals surface area contributed by atoms with Crippen molar-refractivity contribution < 1.29 is 24.3 Å². The molecule has 0 rings (SSSR count). The monoisotopic (exact) mass is 225 g/mol. The normalized spacial score (nSPS) is 13.9. The van der Waals surface area contributed by atoms with Gasteiger partial charge < -0.3 is 20.2 Å². The van der Waals surface area contributed by atoms with Crippen LogP contribution in [-0.2, 0) is 9.36 Å². The van der Waals surface area contributed by atoms with Gasteiger partial charge in [0.25, 0.3) is 0 Å². The summed E-state index contributed by atoms with van der Waals surface area (Å²) in [5.41, 5.74) is 0. The van der Waals surface area contributed by atoms with E-state index in [2.05, 4.69) is 5.32 Å². The molecule has 0 heterocycles. The molecule has 14 heavy (non-hydrogen) atoms. The van der Waals surface area contributed by atoms with Crippen LogP contribution < -0.4 is 5.32 Å². The van der Waals surface area contributed by atoms with Crippen molar-refractivity contribution in [2.45, 2.75) is 25.3 Å². The van der Waals surface area contributed by atoms with E-state index in [0.29, 0.717) is 19.3 Å². The van der Waals surface area contributed by atoms with Gasteiger partial charge in [0.05, 0.1) is 0 Å². The highest BCUT2D eigenvalue weighted by molar-refractivity contribution is 7.51. The summed E-state index contributed by atoms with van der Waals surface area (Å²) in [6.45, 7) is 0. The summed E-state index contributed by atoms with van der Waals surface area (Å²) < 4.78 is 10.4. The number of carboxylic acids is 1. The van der Waals surface area contributed by atoms with E-state index >= 15 is 0 Å². The van der Waals surface area contributed by atoms with Gasteiger partial charge in [-0.1, -0.05) is 6.42 Å². The Hall–Kier alpha value is -0.420. The molecule has 0 aliphatic heterocycles. The molecular formula is C7H16NO5P. The molecule has 0 spiro atoms. The van der Waals surface area contributed by atoms with Crippen molar-refractivity contribution in [1.29, 1.82) is 0 Å². The second-order valence-electron chi connectivity index (χ2n) is 3.06. The Labute approximate surface area is 82.5 Å². The first-order valence-corrected chi connectivity index (χ1v) is 6.11. The first-order chi connectivity index (χ1) is 6.37. The molecular weight excluding hydrogens is 209 g/mol. The number of hydrogen-bond donors (Lipinski definition) is 4. The van der Waals surface area contributed by atoms with Crippen LogP contribution in [0.5, 0.6) is 0 Å². The zero-order valence-electron chi connectivity index (χ0n) is 8.01. The summed E-state index contributed by atoms with van der Waals surface area (Å²) in [4.78, 5) is 27.6. The van der Waals surface area contributed by atoms with Crippen molar-refractivity contribution in [3.8, 4) is 0 Å². The van der Waals surface area contributed by atoms with E-state index in [0.717, 1.165) is 0 Å². The summed E-state index contributed by atoms with van der Waals surface area (Å²) in [7, 11) is -2.38.